The lowest BCUT2D eigenvalue weighted by molar-refractivity contribution is -0.302. The molecule has 2 saturated carbocycles. The number of aliphatic hydroxyl groups is 8. The standard InChI is InChI=1S/C26H40O12/c1-11-5-6-23(32)22(4)8-16(28)38-20(11)26(23,35)25(34)13(3)14(7-24(22,25)33)12(2)10-36-21-19(31)18(30)17(29)15(9-27)37-21/h11-12,15,17-21,27,29-35H,5-10H2,1-4H3/t11-,12+,15+,17+,18-,19+,20+,21+,22-,23-,24+,25+,26+/m0/s1. The van der Waals surface area contributed by atoms with Gasteiger partial charge in [-0.25, -0.2) is 0 Å². The number of aliphatic hydroxyl groups excluding tert-OH is 4. The summed E-state index contributed by atoms with van der Waals surface area (Å²) in [4.78, 5) is 12.8. The molecule has 0 spiro atoms. The maximum Gasteiger partial charge on any atom is 0.306 e. The number of ether oxygens (including phenoxy) is 3. The predicted molar refractivity (Wildman–Crippen MR) is 127 cm³/mol. The molecule has 38 heavy (non-hydrogen) atoms. The Kier molecular flexibility index (Phi) is 6.45. The summed E-state index contributed by atoms with van der Waals surface area (Å²) in [6, 6.07) is 0. The van der Waals surface area contributed by atoms with Gasteiger partial charge in [0.25, 0.3) is 0 Å². The molecule has 12 nitrogen and oxygen atoms in total. The minimum absolute atomic E-state index is 0.0668. The molecule has 2 aliphatic heterocycles. The largest absolute Gasteiger partial charge is 0.459 e. The fourth-order valence-corrected chi connectivity index (χ4v) is 8.30. The highest BCUT2D eigenvalue weighted by Gasteiger charge is 2.92. The number of hydrogen-bond acceptors (Lipinski definition) is 12. The molecule has 216 valence electrons. The Hall–Kier alpha value is -1.19. The minimum Gasteiger partial charge on any atom is -0.459 e. The van der Waals surface area contributed by atoms with Crippen molar-refractivity contribution in [3.63, 3.8) is 0 Å². The Bertz CT molecular complexity index is 1030. The average molecular weight is 545 g/mol. The van der Waals surface area contributed by atoms with Crippen molar-refractivity contribution in [1.82, 2.24) is 0 Å². The summed E-state index contributed by atoms with van der Waals surface area (Å²) in [5, 5.41) is 88.8. The minimum atomic E-state index is -2.38. The average Bonchev–Trinajstić information content (AvgIpc) is 3.11. The fourth-order valence-electron chi connectivity index (χ4n) is 8.30. The Morgan fingerprint density at radius 3 is 2.34 bits per heavy atom. The fraction of sp³-hybridized carbons (Fsp3) is 0.885. The molecule has 2 saturated heterocycles. The summed E-state index contributed by atoms with van der Waals surface area (Å²) in [5.41, 5.74) is -9.69. The van der Waals surface area contributed by atoms with Crippen molar-refractivity contribution >= 4 is 5.97 Å². The van der Waals surface area contributed by atoms with E-state index in [0.717, 1.165) is 0 Å². The lowest BCUT2D eigenvalue weighted by Crippen LogP contribution is -2.74. The van der Waals surface area contributed by atoms with E-state index in [1.165, 1.54) is 6.92 Å². The van der Waals surface area contributed by atoms with E-state index in [-0.39, 0.29) is 30.9 Å². The van der Waals surface area contributed by atoms with Crippen LogP contribution in [-0.4, -0.2) is 119 Å². The Labute approximate surface area is 220 Å². The first-order valence-electron chi connectivity index (χ1n) is 13.3. The molecule has 0 radical (unpaired) electrons. The smallest absolute Gasteiger partial charge is 0.306 e. The van der Waals surface area contributed by atoms with Crippen LogP contribution in [0.3, 0.4) is 0 Å². The molecule has 13 atom stereocenters. The molecule has 4 fully saturated rings. The van der Waals surface area contributed by atoms with Crippen LogP contribution >= 0.6 is 0 Å². The van der Waals surface area contributed by atoms with Crippen molar-refractivity contribution < 1.29 is 59.9 Å². The molecule has 4 bridgehead atoms. The van der Waals surface area contributed by atoms with Crippen molar-refractivity contribution in [3.8, 4) is 0 Å². The van der Waals surface area contributed by atoms with E-state index in [1.54, 1.807) is 20.8 Å². The van der Waals surface area contributed by atoms with Crippen LogP contribution < -0.4 is 0 Å². The van der Waals surface area contributed by atoms with E-state index in [1.807, 2.05) is 0 Å². The third-order valence-electron chi connectivity index (χ3n) is 10.7. The molecule has 2 heterocycles. The van der Waals surface area contributed by atoms with E-state index < -0.39 is 89.5 Å². The molecule has 5 aliphatic rings. The normalized spacial score (nSPS) is 54.9. The topological polar surface area (TPSA) is 207 Å². The first kappa shape index (κ1) is 28.3. The zero-order chi connectivity index (χ0) is 28.2. The molecule has 3 aliphatic carbocycles. The van der Waals surface area contributed by atoms with Crippen LogP contribution in [0.15, 0.2) is 11.1 Å². The number of carbonyl (C=O) groups is 1. The molecular formula is C26H40O12. The molecule has 0 aromatic rings. The van der Waals surface area contributed by atoms with Crippen molar-refractivity contribution in [2.75, 3.05) is 13.2 Å². The number of hydrogen-bond donors (Lipinski definition) is 8. The number of esters is 1. The molecule has 0 aromatic heterocycles. The van der Waals surface area contributed by atoms with Gasteiger partial charge in [-0.05, 0) is 31.3 Å². The third-order valence-corrected chi connectivity index (χ3v) is 10.7. The van der Waals surface area contributed by atoms with Crippen molar-refractivity contribution in [2.45, 2.75) is 113 Å². The second kappa shape index (κ2) is 8.65. The zero-order valence-corrected chi connectivity index (χ0v) is 22.1. The zero-order valence-electron chi connectivity index (χ0n) is 22.1. The molecule has 0 aromatic carbocycles. The summed E-state index contributed by atoms with van der Waals surface area (Å²) < 4.78 is 16.7. The Morgan fingerprint density at radius 2 is 1.71 bits per heavy atom. The number of carbonyl (C=O) groups excluding carboxylic acids is 1. The van der Waals surface area contributed by atoms with Gasteiger partial charge in [0.15, 0.2) is 17.5 Å². The van der Waals surface area contributed by atoms with Crippen LogP contribution in [0.4, 0.5) is 0 Å². The third kappa shape index (κ3) is 3.02. The second-order valence-corrected chi connectivity index (χ2v) is 12.4. The quantitative estimate of drug-likeness (QED) is 0.138. The van der Waals surface area contributed by atoms with Crippen LogP contribution in [-0.2, 0) is 19.0 Å². The van der Waals surface area contributed by atoms with E-state index in [9.17, 15) is 45.6 Å². The van der Waals surface area contributed by atoms with Gasteiger partial charge in [0.2, 0.25) is 0 Å². The van der Waals surface area contributed by atoms with Crippen molar-refractivity contribution in [1.29, 1.82) is 0 Å². The summed E-state index contributed by atoms with van der Waals surface area (Å²) in [7, 11) is 0. The van der Waals surface area contributed by atoms with E-state index in [2.05, 4.69) is 0 Å². The van der Waals surface area contributed by atoms with Gasteiger partial charge < -0.3 is 55.1 Å². The van der Waals surface area contributed by atoms with Gasteiger partial charge in [-0.1, -0.05) is 26.3 Å². The van der Waals surface area contributed by atoms with Gasteiger partial charge in [0, 0.05) is 17.8 Å². The molecule has 8 N–H and O–H groups in total. The molecule has 0 unspecified atom stereocenters. The lowest BCUT2D eigenvalue weighted by Gasteiger charge is -2.54. The lowest BCUT2D eigenvalue weighted by atomic mass is 9.57. The van der Waals surface area contributed by atoms with Crippen LogP contribution in [0.5, 0.6) is 0 Å². The molecule has 5 rings (SSSR count). The monoisotopic (exact) mass is 544 g/mol. The highest BCUT2D eigenvalue weighted by Crippen LogP contribution is 2.75. The Morgan fingerprint density at radius 1 is 1.05 bits per heavy atom. The highest BCUT2D eigenvalue weighted by atomic mass is 16.7. The summed E-state index contributed by atoms with van der Waals surface area (Å²) in [5.74, 6) is -1.57. The van der Waals surface area contributed by atoms with Crippen LogP contribution in [0.2, 0.25) is 0 Å². The molecular weight excluding hydrogens is 504 g/mol. The van der Waals surface area contributed by atoms with Crippen LogP contribution in [0.25, 0.3) is 0 Å². The summed E-state index contributed by atoms with van der Waals surface area (Å²) >= 11 is 0. The van der Waals surface area contributed by atoms with Gasteiger partial charge in [-0.2, -0.15) is 0 Å². The highest BCUT2D eigenvalue weighted by molar-refractivity contribution is 5.74. The van der Waals surface area contributed by atoms with Crippen molar-refractivity contribution in [2.24, 2.45) is 17.3 Å². The van der Waals surface area contributed by atoms with Gasteiger partial charge in [-0.3, -0.25) is 4.79 Å². The first-order chi connectivity index (χ1) is 17.6. The first-order valence-corrected chi connectivity index (χ1v) is 13.3. The maximum absolute atomic E-state index is 12.8. The van der Waals surface area contributed by atoms with E-state index in [0.29, 0.717) is 12.0 Å². The SMILES string of the molecule is CC1=C([C@H](C)CO[C@@H]2O[C@H](CO)[C@@H](O)[C@H](O)[C@H]2O)C[C@@]2(O)[C@@]3(C)CC(=O)O[C@@H]4[C@@H](C)CC[C@@]3(O)[C@@]4(O)[C@@]12O. The van der Waals surface area contributed by atoms with Gasteiger partial charge >= 0.3 is 5.97 Å². The van der Waals surface area contributed by atoms with Crippen LogP contribution in [0, 0.1) is 17.3 Å². The maximum atomic E-state index is 12.8. The van der Waals surface area contributed by atoms with Gasteiger partial charge in [0.1, 0.15) is 41.7 Å². The Balaban J connectivity index is 1.49. The van der Waals surface area contributed by atoms with E-state index >= 15 is 0 Å². The number of fused-ring (bicyclic) bond motifs is 2. The summed E-state index contributed by atoms with van der Waals surface area (Å²) in [6.07, 6.45) is -8.54. The van der Waals surface area contributed by atoms with Gasteiger partial charge in [-0.15, -0.1) is 0 Å². The molecule has 12 heteroatoms. The van der Waals surface area contributed by atoms with Crippen molar-refractivity contribution in [3.05, 3.63) is 11.1 Å². The molecule has 0 amide bonds. The van der Waals surface area contributed by atoms with Gasteiger partial charge in [0.05, 0.1) is 19.6 Å². The second-order valence-electron chi connectivity index (χ2n) is 12.4. The summed E-state index contributed by atoms with van der Waals surface area (Å²) in [6.45, 7) is 5.88. The predicted octanol–water partition coefficient (Wildman–Crippen LogP) is -2.15. The van der Waals surface area contributed by atoms with Crippen LogP contribution in [0.1, 0.15) is 53.4 Å². The van der Waals surface area contributed by atoms with E-state index in [4.69, 9.17) is 14.2 Å². The number of rotatable bonds is 5.